The Labute approximate surface area is 550 Å². The smallest absolute Gasteiger partial charge is 0.305 e. The topological polar surface area (TPSA) is 175 Å². The normalized spacial score (nSPS) is 17.8. The van der Waals surface area contributed by atoms with Crippen LogP contribution in [0.2, 0.25) is 0 Å². The van der Waals surface area contributed by atoms with Crippen LogP contribution < -0.4 is 5.32 Å². The van der Waals surface area contributed by atoms with Crippen molar-refractivity contribution >= 4 is 11.9 Å². The van der Waals surface area contributed by atoms with Gasteiger partial charge in [0.05, 0.1) is 32.0 Å². The fraction of sp³-hybridized carbons (Fsp3) is 0.923. The number of esters is 1. The third kappa shape index (κ3) is 56.2. The summed E-state index contributed by atoms with van der Waals surface area (Å²) in [7, 11) is 0. The van der Waals surface area contributed by atoms with Crippen molar-refractivity contribution in [2.75, 3.05) is 19.8 Å². The van der Waals surface area contributed by atoms with Gasteiger partial charge in [-0.25, -0.2) is 0 Å². The van der Waals surface area contributed by atoms with Crippen molar-refractivity contribution in [1.29, 1.82) is 0 Å². The summed E-state index contributed by atoms with van der Waals surface area (Å²) >= 11 is 0. The van der Waals surface area contributed by atoms with E-state index in [4.69, 9.17) is 14.2 Å². The molecule has 0 aromatic heterocycles. The number of carbonyl (C=O) groups excluding carboxylic acids is 2. The molecule has 1 aliphatic heterocycles. The van der Waals surface area contributed by atoms with Crippen molar-refractivity contribution < 1.29 is 49.3 Å². The molecule has 0 saturated carbocycles. The molecule has 0 bridgehead atoms. The fourth-order valence-corrected chi connectivity index (χ4v) is 12.7. The van der Waals surface area contributed by atoms with E-state index in [1.165, 1.54) is 321 Å². The van der Waals surface area contributed by atoms with Gasteiger partial charge in [0.1, 0.15) is 24.4 Å². The summed E-state index contributed by atoms with van der Waals surface area (Å²) in [6.45, 7) is 4.40. The molecule has 1 saturated heterocycles. The third-order valence-corrected chi connectivity index (χ3v) is 18.8. The molecule has 7 unspecified atom stereocenters. The minimum Gasteiger partial charge on any atom is -0.466 e. The van der Waals surface area contributed by atoms with Crippen molar-refractivity contribution in [2.24, 2.45) is 0 Å². The van der Waals surface area contributed by atoms with Crippen molar-refractivity contribution in [3.63, 3.8) is 0 Å². The van der Waals surface area contributed by atoms with E-state index in [-0.39, 0.29) is 18.5 Å². The van der Waals surface area contributed by atoms with Gasteiger partial charge < -0.3 is 45.1 Å². The van der Waals surface area contributed by atoms with Gasteiger partial charge in [-0.1, -0.05) is 353 Å². The Morgan fingerprint density at radius 3 is 1.08 bits per heavy atom. The van der Waals surface area contributed by atoms with Crippen LogP contribution in [-0.4, -0.2) is 100 Å². The lowest BCUT2D eigenvalue weighted by Crippen LogP contribution is -2.60. The second-order valence-corrected chi connectivity index (χ2v) is 27.4. The van der Waals surface area contributed by atoms with Crippen LogP contribution in [0.4, 0.5) is 0 Å². The molecule has 7 atom stereocenters. The molecule has 1 heterocycles. The lowest BCUT2D eigenvalue weighted by Gasteiger charge is -2.40. The molecule has 1 amide bonds. The van der Waals surface area contributed by atoms with Crippen LogP contribution in [0.15, 0.2) is 24.3 Å². The van der Waals surface area contributed by atoms with E-state index in [0.717, 1.165) is 51.4 Å². The maximum atomic E-state index is 13.1. The highest BCUT2D eigenvalue weighted by Gasteiger charge is 2.44. The molecule has 526 valence electrons. The highest BCUT2D eigenvalue weighted by molar-refractivity contribution is 5.76. The Hall–Kier alpha value is -1.86. The SMILES string of the molecule is CCCCCCCCCCCCCCC/C=C/C(O)C(COC1OC(CO)C(O)C(O)C1O)NC(=O)CCCCCCCCCCCCCCCCCCC/C=C\CCCCCCCCCCCCCCCCOC(=O)CCCCCCCCCCCCC. The average Bonchev–Trinajstić information content (AvgIpc) is 2.74. The van der Waals surface area contributed by atoms with Crippen molar-refractivity contribution in [3.05, 3.63) is 24.3 Å². The predicted molar refractivity (Wildman–Crippen MR) is 375 cm³/mol. The Kier molecular flexibility index (Phi) is 64.6. The molecule has 6 N–H and O–H groups in total. The van der Waals surface area contributed by atoms with Gasteiger partial charge in [-0.05, 0) is 57.8 Å². The largest absolute Gasteiger partial charge is 0.466 e. The van der Waals surface area contributed by atoms with Crippen molar-refractivity contribution in [3.8, 4) is 0 Å². The first kappa shape index (κ1) is 85.2. The van der Waals surface area contributed by atoms with Gasteiger partial charge in [-0.2, -0.15) is 0 Å². The minimum atomic E-state index is -1.57. The Morgan fingerprint density at radius 1 is 0.404 bits per heavy atom. The number of carbonyl (C=O) groups is 2. The van der Waals surface area contributed by atoms with Crippen LogP contribution in [0.3, 0.4) is 0 Å². The quantitative estimate of drug-likeness (QED) is 0.0195. The molecule has 11 heteroatoms. The lowest BCUT2D eigenvalue weighted by atomic mass is 9.99. The standard InChI is InChI=1S/C78H149NO10/c1-3-5-7-9-11-13-15-16-38-41-45-48-52-56-60-64-71(81)70(69-88-78-77(86)76(85)75(84)72(68-80)89-78)79-73(82)65-61-57-53-49-46-42-39-36-34-32-30-28-26-24-22-20-18-17-19-21-23-25-27-29-31-33-35-37-40-43-47-51-55-59-63-67-87-74(83)66-62-58-54-50-44-14-12-10-8-6-4-2/h19,21,60,64,70-72,75-78,80-81,84-86H,3-18,20,22-59,61-63,65-69H2,1-2H3,(H,79,82)/b21-19-,64-60+. The van der Waals surface area contributed by atoms with Gasteiger partial charge in [0.2, 0.25) is 5.91 Å². The van der Waals surface area contributed by atoms with Gasteiger partial charge >= 0.3 is 5.97 Å². The highest BCUT2D eigenvalue weighted by atomic mass is 16.7. The molecule has 0 aromatic carbocycles. The lowest BCUT2D eigenvalue weighted by molar-refractivity contribution is -0.302. The van der Waals surface area contributed by atoms with Crippen LogP contribution >= 0.6 is 0 Å². The molecule has 89 heavy (non-hydrogen) atoms. The van der Waals surface area contributed by atoms with Crippen molar-refractivity contribution in [1.82, 2.24) is 5.32 Å². The second kappa shape index (κ2) is 67.6. The predicted octanol–water partition coefficient (Wildman–Crippen LogP) is 20.7. The Morgan fingerprint density at radius 2 is 0.719 bits per heavy atom. The Bertz CT molecular complexity index is 1530. The molecule has 0 spiro atoms. The first-order valence-electron chi connectivity index (χ1n) is 39.1. The zero-order valence-corrected chi connectivity index (χ0v) is 58.7. The van der Waals surface area contributed by atoms with Gasteiger partial charge in [0.15, 0.2) is 6.29 Å². The summed E-state index contributed by atoms with van der Waals surface area (Å²) in [4.78, 5) is 25.1. The number of unbranched alkanes of at least 4 members (excludes halogenated alkanes) is 54. The van der Waals surface area contributed by atoms with Gasteiger partial charge in [-0.3, -0.25) is 9.59 Å². The van der Waals surface area contributed by atoms with E-state index < -0.39 is 49.5 Å². The van der Waals surface area contributed by atoms with E-state index in [1.54, 1.807) is 6.08 Å². The summed E-state index contributed by atoms with van der Waals surface area (Å²) in [5, 5.41) is 54.6. The fourth-order valence-electron chi connectivity index (χ4n) is 12.7. The van der Waals surface area contributed by atoms with E-state index in [1.807, 2.05) is 6.08 Å². The Balaban J connectivity index is 1.94. The molecule has 1 fully saturated rings. The second-order valence-electron chi connectivity index (χ2n) is 27.4. The average molecular weight is 1260 g/mol. The maximum Gasteiger partial charge on any atom is 0.305 e. The molecular formula is C78H149NO10. The van der Waals surface area contributed by atoms with E-state index in [2.05, 4.69) is 31.3 Å². The zero-order valence-electron chi connectivity index (χ0n) is 58.7. The molecule has 11 nitrogen and oxygen atoms in total. The first-order chi connectivity index (χ1) is 43.7. The number of amides is 1. The van der Waals surface area contributed by atoms with Crippen LogP contribution in [0.1, 0.15) is 399 Å². The minimum absolute atomic E-state index is 0.0140. The number of allylic oxidation sites excluding steroid dienone is 3. The number of rotatable bonds is 70. The van der Waals surface area contributed by atoms with Gasteiger partial charge in [0.25, 0.3) is 0 Å². The number of hydrogen-bond donors (Lipinski definition) is 6. The summed E-state index contributed by atoms with van der Waals surface area (Å²) in [6.07, 6.45) is 76.2. The number of aliphatic hydroxyl groups excluding tert-OH is 5. The van der Waals surface area contributed by atoms with Gasteiger partial charge in [0, 0.05) is 12.8 Å². The maximum absolute atomic E-state index is 13.1. The highest BCUT2D eigenvalue weighted by Crippen LogP contribution is 2.24. The number of aliphatic hydroxyl groups is 5. The molecule has 1 aliphatic rings. The summed E-state index contributed by atoms with van der Waals surface area (Å²) in [5.41, 5.74) is 0. The molecule has 0 aromatic rings. The molecule has 0 radical (unpaired) electrons. The molecular weight excluding hydrogens is 1110 g/mol. The van der Waals surface area contributed by atoms with Crippen LogP contribution in [-0.2, 0) is 23.8 Å². The number of hydrogen-bond acceptors (Lipinski definition) is 10. The molecule has 1 rings (SSSR count). The van der Waals surface area contributed by atoms with Crippen LogP contribution in [0.5, 0.6) is 0 Å². The van der Waals surface area contributed by atoms with E-state index in [0.29, 0.717) is 19.4 Å². The summed E-state index contributed by atoms with van der Waals surface area (Å²) in [6, 6.07) is -0.807. The number of ether oxygens (including phenoxy) is 3. The van der Waals surface area contributed by atoms with Crippen LogP contribution in [0.25, 0.3) is 0 Å². The third-order valence-electron chi connectivity index (χ3n) is 18.8. The zero-order chi connectivity index (χ0) is 64.4. The van der Waals surface area contributed by atoms with Crippen molar-refractivity contribution in [2.45, 2.75) is 442 Å². The summed E-state index contributed by atoms with van der Waals surface area (Å²) < 4.78 is 16.8. The molecule has 0 aliphatic carbocycles. The van der Waals surface area contributed by atoms with Gasteiger partial charge in [-0.15, -0.1) is 0 Å². The number of nitrogens with one attached hydrogen (secondary N) is 1. The monoisotopic (exact) mass is 1260 g/mol. The van der Waals surface area contributed by atoms with E-state index >= 15 is 0 Å². The van der Waals surface area contributed by atoms with E-state index in [9.17, 15) is 35.1 Å². The first-order valence-corrected chi connectivity index (χ1v) is 39.1. The summed E-state index contributed by atoms with van der Waals surface area (Å²) in [5.74, 6) is -0.160. The van der Waals surface area contributed by atoms with Crippen LogP contribution in [0, 0.1) is 0 Å².